The van der Waals surface area contributed by atoms with Crippen LogP contribution in [0.15, 0.2) is 53.4 Å². The third kappa shape index (κ3) is 5.11. The molecule has 1 aliphatic carbocycles. The van der Waals surface area contributed by atoms with Gasteiger partial charge in [-0.15, -0.1) is 0 Å². The van der Waals surface area contributed by atoms with Crippen LogP contribution >= 0.6 is 0 Å². The monoisotopic (exact) mass is 455 g/mol. The molecule has 32 heavy (non-hydrogen) atoms. The van der Waals surface area contributed by atoms with Crippen molar-refractivity contribution in [3.8, 4) is 5.75 Å². The van der Waals surface area contributed by atoms with Gasteiger partial charge in [0.25, 0.3) is 0 Å². The zero-order valence-electron chi connectivity index (χ0n) is 18.1. The first-order chi connectivity index (χ1) is 15.5. The standard InChI is InChI=1S/C23H29N5O3S/c1-24-22-18-6-2-3-7-19(18)27-23(28-22)25-14-16-10-12-17(13-11-16)15-26-32(30,31)21-9-5-4-8-20(21)29/h2-9,16-17,26,29H,10-15H2,1H3,(H2,24,25,27,28). The van der Waals surface area contributed by atoms with E-state index in [9.17, 15) is 13.5 Å². The van der Waals surface area contributed by atoms with Crippen molar-refractivity contribution < 1.29 is 13.5 Å². The average Bonchev–Trinajstić information content (AvgIpc) is 2.81. The number of phenolic OH excluding ortho intramolecular Hbond substituents is 1. The summed E-state index contributed by atoms with van der Waals surface area (Å²) in [6, 6.07) is 13.9. The maximum Gasteiger partial charge on any atom is 0.244 e. The summed E-state index contributed by atoms with van der Waals surface area (Å²) < 4.78 is 27.6. The number of para-hydroxylation sites is 2. The molecule has 0 atom stereocenters. The lowest BCUT2D eigenvalue weighted by Gasteiger charge is -2.28. The first kappa shape index (κ1) is 22.3. The zero-order valence-corrected chi connectivity index (χ0v) is 18.9. The van der Waals surface area contributed by atoms with Gasteiger partial charge >= 0.3 is 0 Å². The lowest BCUT2D eigenvalue weighted by atomic mass is 9.82. The molecular formula is C23H29N5O3S. The molecule has 3 aromatic rings. The van der Waals surface area contributed by atoms with Gasteiger partial charge in [-0.1, -0.05) is 24.3 Å². The van der Waals surface area contributed by atoms with E-state index in [1.165, 1.54) is 12.1 Å². The topological polar surface area (TPSA) is 116 Å². The summed E-state index contributed by atoms with van der Waals surface area (Å²) in [5, 5.41) is 17.3. The van der Waals surface area contributed by atoms with Crippen LogP contribution in [0.3, 0.4) is 0 Å². The Bertz CT molecular complexity index is 1180. The molecule has 0 spiro atoms. The van der Waals surface area contributed by atoms with Gasteiger partial charge in [-0.2, -0.15) is 4.98 Å². The third-order valence-electron chi connectivity index (χ3n) is 6.07. The van der Waals surface area contributed by atoms with Crippen LogP contribution in [0.25, 0.3) is 10.9 Å². The summed E-state index contributed by atoms with van der Waals surface area (Å²) in [4.78, 5) is 9.12. The van der Waals surface area contributed by atoms with Crippen LogP contribution in [0.1, 0.15) is 25.7 Å². The Morgan fingerprint density at radius 2 is 1.59 bits per heavy atom. The second kappa shape index (κ2) is 9.70. The summed E-state index contributed by atoms with van der Waals surface area (Å²) in [6.07, 6.45) is 3.94. The van der Waals surface area contributed by atoms with Crippen molar-refractivity contribution in [2.45, 2.75) is 30.6 Å². The molecule has 1 aromatic heterocycles. The highest BCUT2D eigenvalue weighted by molar-refractivity contribution is 7.89. The van der Waals surface area contributed by atoms with Gasteiger partial charge in [0.2, 0.25) is 16.0 Å². The highest BCUT2D eigenvalue weighted by Gasteiger charge is 2.24. The highest BCUT2D eigenvalue weighted by atomic mass is 32.2. The molecular weight excluding hydrogens is 426 g/mol. The van der Waals surface area contributed by atoms with Crippen molar-refractivity contribution in [3.05, 3.63) is 48.5 Å². The molecule has 1 heterocycles. The summed E-state index contributed by atoms with van der Waals surface area (Å²) in [6.45, 7) is 1.17. The molecule has 1 aliphatic rings. The maximum absolute atomic E-state index is 12.5. The molecule has 0 unspecified atom stereocenters. The summed E-state index contributed by atoms with van der Waals surface area (Å²) in [5.41, 5.74) is 0.898. The molecule has 1 fully saturated rings. The molecule has 170 valence electrons. The highest BCUT2D eigenvalue weighted by Crippen LogP contribution is 2.30. The van der Waals surface area contributed by atoms with E-state index in [0.717, 1.165) is 48.9 Å². The number of aromatic hydroxyl groups is 1. The van der Waals surface area contributed by atoms with Gasteiger partial charge in [0, 0.05) is 25.5 Å². The molecule has 2 aromatic carbocycles. The Labute approximate surface area is 188 Å². The van der Waals surface area contributed by atoms with E-state index in [-0.39, 0.29) is 10.6 Å². The number of hydrogen-bond donors (Lipinski definition) is 4. The molecule has 0 radical (unpaired) electrons. The van der Waals surface area contributed by atoms with Crippen LogP contribution in [0.2, 0.25) is 0 Å². The molecule has 1 saturated carbocycles. The molecule has 0 amide bonds. The van der Waals surface area contributed by atoms with E-state index in [2.05, 4.69) is 25.3 Å². The summed E-state index contributed by atoms with van der Waals surface area (Å²) in [7, 11) is -1.86. The van der Waals surface area contributed by atoms with Crippen LogP contribution in [-0.2, 0) is 10.0 Å². The van der Waals surface area contributed by atoms with Crippen molar-refractivity contribution in [2.24, 2.45) is 11.8 Å². The van der Waals surface area contributed by atoms with Gasteiger partial charge in [-0.05, 0) is 61.8 Å². The largest absolute Gasteiger partial charge is 0.507 e. The first-order valence-corrected chi connectivity index (χ1v) is 12.4. The number of hydrogen-bond acceptors (Lipinski definition) is 7. The Morgan fingerprint density at radius 3 is 2.31 bits per heavy atom. The molecule has 0 bridgehead atoms. The molecule has 4 rings (SSSR count). The molecule has 0 saturated heterocycles. The number of sulfonamides is 1. The summed E-state index contributed by atoms with van der Waals surface area (Å²) >= 11 is 0. The third-order valence-corrected chi connectivity index (χ3v) is 7.54. The Morgan fingerprint density at radius 1 is 0.938 bits per heavy atom. The van der Waals surface area contributed by atoms with Crippen molar-refractivity contribution in [3.63, 3.8) is 0 Å². The van der Waals surface area contributed by atoms with Gasteiger partial charge in [-0.25, -0.2) is 18.1 Å². The van der Waals surface area contributed by atoms with E-state index in [0.29, 0.717) is 24.3 Å². The molecule has 4 N–H and O–H groups in total. The fourth-order valence-electron chi connectivity index (χ4n) is 4.21. The first-order valence-electron chi connectivity index (χ1n) is 10.9. The maximum atomic E-state index is 12.5. The van der Waals surface area contributed by atoms with Gasteiger partial charge in [-0.3, -0.25) is 0 Å². The fraction of sp³-hybridized carbons (Fsp3) is 0.391. The SMILES string of the molecule is CNc1nc(NCC2CCC(CNS(=O)(=O)c3ccccc3O)CC2)nc2ccccc12. The summed E-state index contributed by atoms with van der Waals surface area (Å²) in [5.74, 6) is 1.98. The lowest BCUT2D eigenvalue weighted by molar-refractivity contribution is 0.284. The van der Waals surface area contributed by atoms with Crippen LogP contribution in [0.4, 0.5) is 11.8 Å². The molecule has 9 heteroatoms. The minimum Gasteiger partial charge on any atom is -0.507 e. The number of rotatable bonds is 8. The Hall–Kier alpha value is -2.91. The van der Waals surface area contributed by atoms with Gasteiger partial charge < -0.3 is 15.7 Å². The fourth-order valence-corrected chi connectivity index (χ4v) is 5.42. The second-order valence-corrected chi connectivity index (χ2v) is 9.99. The number of fused-ring (bicyclic) bond motifs is 1. The van der Waals surface area contributed by atoms with Crippen molar-refractivity contribution in [2.75, 3.05) is 30.8 Å². The lowest BCUT2D eigenvalue weighted by Crippen LogP contribution is -2.32. The zero-order chi connectivity index (χ0) is 22.6. The number of benzene rings is 2. The van der Waals surface area contributed by atoms with Crippen LogP contribution in [0.5, 0.6) is 5.75 Å². The van der Waals surface area contributed by atoms with E-state index in [1.807, 2.05) is 31.3 Å². The quantitative estimate of drug-likeness (QED) is 0.410. The second-order valence-electron chi connectivity index (χ2n) is 8.25. The van der Waals surface area contributed by atoms with Crippen molar-refractivity contribution >= 4 is 32.7 Å². The predicted octanol–water partition coefficient (Wildman–Crippen LogP) is 3.57. The van der Waals surface area contributed by atoms with E-state index in [4.69, 9.17) is 0 Å². The molecule has 0 aliphatic heterocycles. The molecule has 8 nitrogen and oxygen atoms in total. The van der Waals surface area contributed by atoms with Gasteiger partial charge in [0.1, 0.15) is 16.5 Å². The van der Waals surface area contributed by atoms with Gasteiger partial charge in [0.05, 0.1) is 5.52 Å². The average molecular weight is 456 g/mol. The van der Waals surface area contributed by atoms with E-state index < -0.39 is 10.0 Å². The Balaban J connectivity index is 1.27. The van der Waals surface area contributed by atoms with Crippen LogP contribution < -0.4 is 15.4 Å². The van der Waals surface area contributed by atoms with E-state index >= 15 is 0 Å². The van der Waals surface area contributed by atoms with Crippen LogP contribution in [-0.4, -0.2) is 43.6 Å². The van der Waals surface area contributed by atoms with Gasteiger partial charge in [0.15, 0.2) is 0 Å². The Kier molecular flexibility index (Phi) is 6.76. The number of phenols is 1. The number of anilines is 2. The number of nitrogens with one attached hydrogen (secondary N) is 3. The predicted molar refractivity (Wildman–Crippen MR) is 126 cm³/mol. The smallest absolute Gasteiger partial charge is 0.244 e. The van der Waals surface area contributed by atoms with Crippen molar-refractivity contribution in [1.29, 1.82) is 0 Å². The van der Waals surface area contributed by atoms with E-state index in [1.54, 1.807) is 12.1 Å². The minimum atomic E-state index is -3.71. The number of aromatic nitrogens is 2. The van der Waals surface area contributed by atoms with Crippen molar-refractivity contribution in [1.82, 2.24) is 14.7 Å². The normalized spacial score (nSPS) is 19.0. The number of nitrogens with zero attached hydrogens (tertiary/aromatic N) is 2. The van der Waals surface area contributed by atoms with Crippen LogP contribution in [0, 0.1) is 11.8 Å². The minimum absolute atomic E-state index is 0.0748.